The van der Waals surface area contributed by atoms with Gasteiger partial charge in [0.15, 0.2) is 0 Å². The molecule has 1 aliphatic carbocycles. The molecule has 1 aromatic rings. The molecule has 0 saturated heterocycles. The Morgan fingerprint density at radius 3 is 2.59 bits per heavy atom. The van der Waals surface area contributed by atoms with E-state index in [0.717, 1.165) is 31.2 Å². The van der Waals surface area contributed by atoms with Gasteiger partial charge in [0.2, 0.25) is 0 Å². The number of hydrogen-bond donors (Lipinski definition) is 0. The average Bonchev–Trinajstić information content (AvgIpc) is 2.34. The average molecular weight is 252 g/mol. The van der Waals surface area contributed by atoms with E-state index >= 15 is 0 Å². The standard InChI is InChI=1S/C14H15ClFN/c15-13-8-12(16)5-4-11(13)9-14(10-17)6-2-1-3-7-14/h4-5,8H,1-3,6-7,9H2. The van der Waals surface area contributed by atoms with E-state index in [2.05, 4.69) is 6.07 Å². The van der Waals surface area contributed by atoms with Crippen LogP contribution in [0.15, 0.2) is 18.2 Å². The lowest BCUT2D eigenvalue weighted by Gasteiger charge is -2.30. The van der Waals surface area contributed by atoms with E-state index in [1.54, 1.807) is 6.07 Å². The van der Waals surface area contributed by atoms with Crippen molar-refractivity contribution < 1.29 is 4.39 Å². The summed E-state index contributed by atoms with van der Waals surface area (Å²) in [6, 6.07) is 6.89. The summed E-state index contributed by atoms with van der Waals surface area (Å²) in [5.74, 6) is -0.326. The monoisotopic (exact) mass is 251 g/mol. The highest BCUT2D eigenvalue weighted by molar-refractivity contribution is 6.31. The molecule has 0 heterocycles. The molecular weight excluding hydrogens is 237 g/mol. The quantitative estimate of drug-likeness (QED) is 0.759. The molecule has 90 valence electrons. The maximum atomic E-state index is 13.0. The van der Waals surface area contributed by atoms with Crippen molar-refractivity contribution in [2.75, 3.05) is 0 Å². The van der Waals surface area contributed by atoms with Gasteiger partial charge in [0.1, 0.15) is 5.82 Å². The largest absolute Gasteiger partial charge is 0.207 e. The summed E-state index contributed by atoms with van der Waals surface area (Å²) in [4.78, 5) is 0. The first-order valence-corrected chi connectivity index (χ1v) is 6.38. The molecule has 1 fully saturated rings. The van der Waals surface area contributed by atoms with Crippen molar-refractivity contribution in [1.29, 1.82) is 5.26 Å². The summed E-state index contributed by atoms with van der Waals surface area (Å²) in [6.07, 6.45) is 5.91. The van der Waals surface area contributed by atoms with Crippen LogP contribution in [-0.4, -0.2) is 0 Å². The third-order valence-electron chi connectivity index (χ3n) is 3.59. The molecule has 3 heteroatoms. The van der Waals surface area contributed by atoms with Crippen LogP contribution in [-0.2, 0) is 6.42 Å². The van der Waals surface area contributed by atoms with E-state index in [1.165, 1.54) is 18.6 Å². The van der Waals surface area contributed by atoms with Gasteiger partial charge in [-0.25, -0.2) is 4.39 Å². The zero-order chi connectivity index (χ0) is 12.3. The fourth-order valence-electron chi connectivity index (χ4n) is 2.59. The second-order valence-electron chi connectivity index (χ2n) is 4.87. The predicted molar refractivity (Wildman–Crippen MR) is 66.2 cm³/mol. The zero-order valence-electron chi connectivity index (χ0n) is 9.68. The smallest absolute Gasteiger partial charge is 0.124 e. The number of rotatable bonds is 2. The molecular formula is C14H15ClFN. The van der Waals surface area contributed by atoms with Gasteiger partial charge in [-0.2, -0.15) is 5.26 Å². The zero-order valence-corrected chi connectivity index (χ0v) is 10.4. The highest BCUT2D eigenvalue weighted by Gasteiger charge is 2.32. The Balaban J connectivity index is 2.21. The lowest BCUT2D eigenvalue weighted by atomic mass is 9.71. The van der Waals surface area contributed by atoms with Gasteiger partial charge in [-0.3, -0.25) is 0 Å². The van der Waals surface area contributed by atoms with E-state index in [1.807, 2.05) is 0 Å². The van der Waals surface area contributed by atoms with Gasteiger partial charge in [-0.1, -0.05) is 36.9 Å². The molecule has 0 atom stereocenters. The van der Waals surface area contributed by atoms with Crippen LogP contribution in [0, 0.1) is 22.6 Å². The van der Waals surface area contributed by atoms with Gasteiger partial charge in [0, 0.05) is 5.02 Å². The molecule has 0 N–H and O–H groups in total. The van der Waals surface area contributed by atoms with E-state index in [9.17, 15) is 9.65 Å². The van der Waals surface area contributed by atoms with E-state index in [-0.39, 0.29) is 11.2 Å². The first-order valence-electron chi connectivity index (χ1n) is 6.00. The maximum Gasteiger partial charge on any atom is 0.124 e. The van der Waals surface area contributed by atoms with Crippen LogP contribution in [0.25, 0.3) is 0 Å². The Morgan fingerprint density at radius 1 is 1.29 bits per heavy atom. The highest BCUT2D eigenvalue weighted by atomic mass is 35.5. The van der Waals surface area contributed by atoms with Gasteiger partial charge in [0.05, 0.1) is 11.5 Å². The Hall–Kier alpha value is -1.07. The summed E-state index contributed by atoms with van der Waals surface area (Å²) in [5.41, 5.74) is 0.594. The third kappa shape index (κ3) is 2.79. The molecule has 2 rings (SSSR count). The van der Waals surface area contributed by atoms with Crippen molar-refractivity contribution in [3.8, 4) is 6.07 Å². The van der Waals surface area contributed by atoms with Gasteiger partial charge < -0.3 is 0 Å². The Morgan fingerprint density at radius 2 is 2.00 bits per heavy atom. The van der Waals surface area contributed by atoms with Gasteiger partial charge >= 0.3 is 0 Å². The maximum absolute atomic E-state index is 13.0. The molecule has 0 amide bonds. The normalized spacial score (nSPS) is 18.6. The number of halogens is 2. The van der Waals surface area contributed by atoms with E-state index in [4.69, 9.17) is 11.6 Å². The molecule has 1 saturated carbocycles. The van der Waals surface area contributed by atoms with Crippen molar-refractivity contribution in [2.24, 2.45) is 5.41 Å². The predicted octanol–water partition coefficient (Wildman–Crippen LogP) is 4.50. The van der Waals surface area contributed by atoms with Crippen LogP contribution in [0.3, 0.4) is 0 Å². The number of hydrogen-bond acceptors (Lipinski definition) is 1. The first-order chi connectivity index (χ1) is 8.15. The molecule has 0 unspecified atom stereocenters. The van der Waals surface area contributed by atoms with Crippen LogP contribution >= 0.6 is 11.6 Å². The summed E-state index contributed by atoms with van der Waals surface area (Å²) in [6.45, 7) is 0. The Bertz CT molecular complexity index is 444. The number of nitriles is 1. The van der Waals surface area contributed by atoms with Gasteiger partial charge in [-0.05, 0) is 37.0 Å². The summed E-state index contributed by atoms with van der Waals surface area (Å²) >= 11 is 6.02. The van der Waals surface area contributed by atoms with Crippen molar-refractivity contribution in [2.45, 2.75) is 38.5 Å². The number of nitrogens with zero attached hydrogens (tertiary/aromatic N) is 1. The molecule has 0 radical (unpaired) electrons. The van der Waals surface area contributed by atoms with Crippen LogP contribution in [0.2, 0.25) is 5.02 Å². The second-order valence-corrected chi connectivity index (χ2v) is 5.27. The Labute approximate surface area is 106 Å². The molecule has 1 aliphatic rings. The molecule has 1 nitrogen and oxygen atoms in total. The van der Waals surface area contributed by atoms with E-state index < -0.39 is 0 Å². The van der Waals surface area contributed by atoms with E-state index in [0.29, 0.717) is 11.4 Å². The minimum absolute atomic E-state index is 0.292. The van der Waals surface area contributed by atoms with Crippen LogP contribution in [0.1, 0.15) is 37.7 Å². The number of benzene rings is 1. The van der Waals surface area contributed by atoms with Crippen molar-refractivity contribution in [3.05, 3.63) is 34.6 Å². The van der Waals surface area contributed by atoms with Gasteiger partial charge in [-0.15, -0.1) is 0 Å². The lowest BCUT2D eigenvalue weighted by Crippen LogP contribution is -2.25. The molecule has 0 aliphatic heterocycles. The third-order valence-corrected chi connectivity index (χ3v) is 3.94. The molecule has 1 aromatic carbocycles. The fourth-order valence-corrected chi connectivity index (χ4v) is 2.82. The van der Waals surface area contributed by atoms with Crippen LogP contribution in [0.4, 0.5) is 4.39 Å². The SMILES string of the molecule is N#CC1(Cc2ccc(F)cc2Cl)CCCCC1. The fraction of sp³-hybridized carbons (Fsp3) is 0.500. The van der Waals surface area contributed by atoms with Gasteiger partial charge in [0.25, 0.3) is 0 Å². The summed E-state index contributed by atoms with van der Waals surface area (Å²) < 4.78 is 13.0. The second kappa shape index (κ2) is 5.06. The topological polar surface area (TPSA) is 23.8 Å². The molecule has 0 spiro atoms. The van der Waals surface area contributed by atoms with Crippen LogP contribution in [0.5, 0.6) is 0 Å². The Kier molecular flexibility index (Phi) is 3.69. The molecule has 0 aromatic heterocycles. The first kappa shape index (κ1) is 12.4. The van der Waals surface area contributed by atoms with Crippen molar-refractivity contribution >= 4 is 11.6 Å². The minimum Gasteiger partial charge on any atom is -0.207 e. The highest BCUT2D eigenvalue weighted by Crippen LogP contribution is 2.39. The van der Waals surface area contributed by atoms with Crippen molar-refractivity contribution in [3.63, 3.8) is 0 Å². The molecule has 0 bridgehead atoms. The summed E-state index contributed by atoms with van der Waals surface area (Å²) in [7, 11) is 0. The molecule has 17 heavy (non-hydrogen) atoms. The lowest BCUT2D eigenvalue weighted by molar-refractivity contribution is 0.266. The minimum atomic E-state index is -0.326. The van der Waals surface area contributed by atoms with Crippen LogP contribution < -0.4 is 0 Å². The van der Waals surface area contributed by atoms with Crippen molar-refractivity contribution in [1.82, 2.24) is 0 Å². The summed E-state index contributed by atoms with van der Waals surface area (Å²) in [5, 5.41) is 9.82.